The van der Waals surface area contributed by atoms with Crippen LogP contribution in [0.15, 0.2) is 23.4 Å². The number of nitrogens with two attached hydrogens (primary N) is 1. The highest BCUT2D eigenvalue weighted by molar-refractivity contribution is 7.99. The largest absolute Gasteiger partial charge is 0.369 e. The van der Waals surface area contributed by atoms with Crippen LogP contribution in [-0.4, -0.2) is 27.8 Å². The van der Waals surface area contributed by atoms with E-state index in [0.29, 0.717) is 13.3 Å². The molecule has 2 N–H and O–H groups in total. The first-order valence-corrected chi connectivity index (χ1v) is 9.95. The topological polar surface area (TPSA) is 70.1 Å². The molecule has 0 bridgehead atoms. The van der Waals surface area contributed by atoms with Crippen molar-refractivity contribution in [2.45, 2.75) is 58.8 Å². The summed E-state index contributed by atoms with van der Waals surface area (Å²) in [5.74, 6) is 0.151. The van der Waals surface area contributed by atoms with E-state index in [-0.39, 0.29) is 17.6 Å². The Hall–Kier alpha value is -1.79. The molecule has 0 fully saturated rings. The highest BCUT2D eigenvalue weighted by Crippen LogP contribution is 2.29. The Morgan fingerprint density at radius 3 is 2.46 bits per heavy atom. The van der Waals surface area contributed by atoms with E-state index in [9.17, 15) is 4.79 Å². The number of hydrogen-bond acceptors (Lipinski definition) is 4. The van der Waals surface area contributed by atoms with Crippen LogP contribution >= 0.6 is 11.8 Å². The zero-order valence-electron chi connectivity index (χ0n) is 16.3. The van der Waals surface area contributed by atoms with Crippen molar-refractivity contribution >= 4 is 17.7 Å². The highest BCUT2D eigenvalue weighted by Gasteiger charge is 2.20. The molecule has 1 aromatic heterocycles. The normalized spacial score (nSPS) is 11.3. The number of ether oxygens (including phenoxy) is 1. The first-order valence-electron chi connectivity index (χ1n) is 8.97. The minimum atomic E-state index is -0.345. The molecule has 0 atom stereocenters. The lowest BCUT2D eigenvalue weighted by atomic mass is 10.00. The van der Waals surface area contributed by atoms with E-state index >= 15 is 0 Å². The smallest absolute Gasteiger partial charge is 0.227 e. The highest BCUT2D eigenvalue weighted by atomic mass is 32.2. The van der Waals surface area contributed by atoms with Gasteiger partial charge in [-0.15, -0.1) is 0 Å². The Kier molecular flexibility index (Phi) is 7.29. The number of rotatable bonds is 9. The van der Waals surface area contributed by atoms with Gasteiger partial charge < -0.3 is 10.5 Å². The first-order chi connectivity index (χ1) is 12.3. The summed E-state index contributed by atoms with van der Waals surface area (Å²) in [6.07, 6.45) is 0.785. The number of carbonyl (C=O) groups is 1. The molecule has 0 saturated heterocycles. The van der Waals surface area contributed by atoms with Crippen LogP contribution in [0.1, 0.15) is 54.8 Å². The predicted molar refractivity (Wildman–Crippen MR) is 107 cm³/mol. The fourth-order valence-electron chi connectivity index (χ4n) is 3.06. The SMILES string of the molecule is CCOCn1c(SCC(N)=O)nc(C(C)C)c1Cc1cc(C)cc(C)c1. The molecule has 0 aliphatic rings. The predicted octanol–water partition coefficient (Wildman–Crippen LogP) is 3.79. The monoisotopic (exact) mass is 375 g/mol. The van der Waals surface area contributed by atoms with Crippen LogP contribution in [0, 0.1) is 13.8 Å². The number of benzene rings is 1. The van der Waals surface area contributed by atoms with Crippen molar-refractivity contribution in [1.29, 1.82) is 0 Å². The van der Waals surface area contributed by atoms with Gasteiger partial charge in [-0.1, -0.05) is 54.9 Å². The Balaban J connectivity index is 2.46. The van der Waals surface area contributed by atoms with Gasteiger partial charge in [-0.2, -0.15) is 0 Å². The van der Waals surface area contributed by atoms with Crippen LogP contribution in [0.3, 0.4) is 0 Å². The maximum Gasteiger partial charge on any atom is 0.227 e. The van der Waals surface area contributed by atoms with E-state index in [1.807, 2.05) is 6.92 Å². The van der Waals surface area contributed by atoms with Gasteiger partial charge in [0.1, 0.15) is 6.73 Å². The van der Waals surface area contributed by atoms with E-state index in [1.165, 1.54) is 28.5 Å². The molecule has 6 heteroatoms. The minimum absolute atomic E-state index is 0.212. The quantitative estimate of drug-likeness (QED) is 0.677. The van der Waals surface area contributed by atoms with E-state index in [1.54, 1.807) is 0 Å². The summed E-state index contributed by atoms with van der Waals surface area (Å²) in [7, 11) is 0. The van der Waals surface area contributed by atoms with E-state index in [4.69, 9.17) is 15.5 Å². The number of nitrogens with zero attached hydrogens (tertiary/aromatic N) is 2. The fraction of sp³-hybridized carbons (Fsp3) is 0.500. The van der Waals surface area contributed by atoms with Crippen molar-refractivity contribution in [3.05, 3.63) is 46.3 Å². The maximum atomic E-state index is 11.2. The number of carbonyl (C=O) groups excluding carboxylic acids is 1. The Morgan fingerprint density at radius 2 is 1.92 bits per heavy atom. The molecule has 0 aliphatic carbocycles. The maximum absolute atomic E-state index is 11.2. The zero-order chi connectivity index (χ0) is 19.3. The lowest BCUT2D eigenvalue weighted by Crippen LogP contribution is -2.15. The lowest BCUT2D eigenvalue weighted by molar-refractivity contribution is -0.115. The van der Waals surface area contributed by atoms with Crippen LogP contribution in [0.4, 0.5) is 0 Å². The van der Waals surface area contributed by atoms with Gasteiger partial charge in [0.25, 0.3) is 0 Å². The molecule has 2 rings (SSSR count). The Labute approximate surface area is 160 Å². The molecule has 2 aromatic rings. The molecule has 26 heavy (non-hydrogen) atoms. The minimum Gasteiger partial charge on any atom is -0.369 e. The second-order valence-electron chi connectivity index (χ2n) is 6.86. The summed E-state index contributed by atoms with van der Waals surface area (Å²) in [6.45, 7) is 11.5. The van der Waals surface area contributed by atoms with Crippen LogP contribution in [-0.2, 0) is 22.7 Å². The van der Waals surface area contributed by atoms with Crippen molar-refractivity contribution in [2.24, 2.45) is 5.73 Å². The van der Waals surface area contributed by atoms with Crippen LogP contribution in [0.2, 0.25) is 0 Å². The number of aryl methyl sites for hydroxylation is 2. The number of imidazole rings is 1. The van der Waals surface area contributed by atoms with Gasteiger partial charge in [0, 0.05) is 18.7 Å². The summed E-state index contributed by atoms with van der Waals surface area (Å²) < 4.78 is 7.77. The zero-order valence-corrected chi connectivity index (χ0v) is 17.2. The molecule has 0 saturated carbocycles. The Bertz CT molecular complexity index is 748. The van der Waals surface area contributed by atoms with Gasteiger partial charge in [-0.05, 0) is 32.3 Å². The third kappa shape index (κ3) is 5.35. The van der Waals surface area contributed by atoms with Crippen LogP contribution in [0.5, 0.6) is 0 Å². The number of amides is 1. The number of primary amides is 1. The van der Waals surface area contributed by atoms with Crippen molar-refractivity contribution in [3.63, 3.8) is 0 Å². The second-order valence-corrected chi connectivity index (χ2v) is 7.80. The molecular weight excluding hydrogens is 346 g/mol. The van der Waals surface area contributed by atoms with Crippen molar-refractivity contribution in [1.82, 2.24) is 9.55 Å². The van der Waals surface area contributed by atoms with Crippen LogP contribution in [0.25, 0.3) is 0 Å². The molecule has 0 aliphatic heterocycles. The van der Waals surface area contributed by atoms with Gasteiger partial charge in [0.2, 0.25) is 5.91 Å². The van der Waals surface area contributed by atoms with Crippen molar-refractivity contribution in [2.75, 3.05) is 12.4 Å². The van der Waals surface area contributed by atoms with Gasteiger partial charge in [0.15, 0.2) is 5.16 Å². The van der Waals surface area contributed by atoms with Crippen molar-refractivity contribution in [3.8, 4) is 0 Å². The molecule has 0 unspecified atom stereocenters. The summed E-state index contributed by atoms with van der Waals surface area (Å²) in [6, 6.07) is 6.61. The lowest BCUT2D eigenvalue weighted by Gasteiger charge is -2.14. The molecule has 1 heterocycles. The summed E-state index contributed by atoms with van der Waals surface area (Å²) >= 11 is 1.37. The summed E-state index contributed by atoms with van der Waals surface area (Å²) in [5.41, 5.74) is 11.3. The fourth-order valence-corrected chi connectivity index (χ4v) is 3.81. The average Bonchev–Trinajstić information content (AvgIpc) is 2.87. The average molecular weight is 376 g/mol. The molecule has 5 nitrogen and oxygen atoms in total. The molecule has 0 radical (unpaired) electrons. The Morgan fingerprint density at radius 1 is 1.27 bits per heavy atom. The number of thioether (sulfide) groups is 1. The number of hydrogen-bond donors (Lipinski definition) is 1. The van der Waals surface area contributed by atoms with E-state index in [0.717, 1.165) is 23.0 Å². The molecule has 0 spiro atoms. The first kappa shape index (κ1) is 20.5. The van der Waals surface area contributed by atoms with Gasteiger partial charge in [0.05, 0.1) is 11.4 Å². The molecule has 1 aromatic carbocycles. The molecule has 1 amide bonds. The molecular formula is C20H29N3O2S. The van der Waals surface area contributed by atoms with Gasteiger partial charge in [-0.3, -0.25) is 9.36 Å². The third-order valence-corrected chi connectivity index (χ3v) is 5.04. The van der Waals surface area contributed by atoms with Crippen LogP contribution < -0.4 is 5.73 Å². The molecule has 142 valence electrons. The van der Waals surface area contributed by atoms with Gasteiger partial charge >= 0.3 is 0 Å². The van der Waals surface area contributed by atoms with Crippen molar-refractivity contribution < 1.29 is 9.53 Å². The standard InChI is InChI=1S/C20H29N3O2S/c1-6-25-12-23-17(10-16-8-14(4)7-15(5)9-16)19(13(2)3)22-20(23)26-11-18(21)24/h7-9,13H,6,10-12H2,1-5H3,(H2,21,24). The second kappa shape index (κ2) is 9.24. The summed E-state index contributed by atoms with van der Waals surface area (Å²) in [4.78, 5) is 16.0. The van der Waals surface area contributed by atoms with E-state index in [2.05, 4.69) is 50.5 Å². The van der Waals surface area contributed by atoms with E-state index < -0.39 is 0 Å². The van der Waals surface area contributed by atoms with Gasteiger partial charge in [-0.25, -0.2) is 4.98 Å². The summed E-state index contributed by atoms with van der Waals surface area (Å²) in [5, 5.41) is 0.792. The third-order valence-electron chi connectivity index (χ3n) is 4.04. The number of aromatic nitrogens is 2.